The Balaban J connectivity index is 2.10. The number of nitrogens with zero attached hydrogens (tertiary/aromatic N) is 1. The van der Waals surface area contributed by atoms with E-state index in [0.29, 0.717) is 4.47 Å². The maximum absolute atomic E-state index is 13.5. The van der Waals surface area contributed by atoms with Crippen LogP contribution in [0.5, 0.6) is 11.5 Å². The van der Waals surface area contributed by atoms with Crippen LogP contribution in [0.25, 0.3) is 0 Å². The van der Waals surface area contributed by atoms with Crippen molar-refractivity contribution in [1.82, 2.24) is 5.43 Å². The van der Waals surface area contributed by atoms with Crippen molar-refractivity contribution in [2.24, 2.45) is 5.10 Å². The summed E-state index contributed by atoms with van der Waals surface area (Å²) in [5, 5.41) is 22.4. The summed E-state index contributed by atoms with van der Waals surface area (Å²) < 4.78 is 14.1. The van der Waals surface area contributed by atoms with E-state index in [9.17, 15) is 19.4 Å². The van der Waals surface area contributed by atoms with Gasteiger partial charge >= 0.3 is 0 Å². The summed E-state index contributed by atoms with van der Waals surface area (Å²) in [6.07, 6.45) is 1.14. The Morgan fingerprint density at radius 1 is 1.24 bits per heavy atom. The monoisotopic (exact) mass is 352 g/mol. The van der Waals surface area contributed by atoms with E-state index in [4.69, 9.17) is 0 Å². The molecule has 0 atom stereocenters. The van der Waals surface area contributed by atoms with Crippen molar-refractivity contribution >= 4 is 28.1 Å². The van der Waals surface area contributed by atoms with E-state index in [0.717, 1.165) is 12.3 Å². The van der Waals surface area contributed by atoms with Gasteiger partial charge in [-0.25, -0.2) is 9.82 Å². The zero-order chi connectivity index (χ0) is 15.4. The minimum Gasteiger partial charge on any atom is -0.508 e. The second-order valence-electron chi connectivity index (χ2n) is 4.07. The molecule has 108 valence electrons. The molecular weight excluding hydrogens is 343 g/mol. The molecule has 0 heterocycles. The summed E-state index contributed by atoms with van der Waals surface area (Å²) in [5.74, 6) is -1.68. The number of aromatic hydroxyl groups is 2. The first-order chi connectivity index (χ1) is 9.97. The van der Waals surface area contributed by atoms with Gasteiger partial charge in [0.1, 0.15) is 17.3 Å². The molecule has 0 spiro atoms. The quantitative estimate of drug-likeness (QED) is 0.451. The summed E-state index contributed by atoms with van der Waals surface area (Å²) in [4.78, 5) is 11.7. The van der Waals surface area contributed by atoms with Crippen LogP contribution >= 0.6 is 15.9 Å². The van der Waals surface area contributed by atoms with Gasteiger partial charge in [-0.3, -0.25) is 4.79 Å². The van der Waals surface area contributed by atoms with Crippen LogP contribution in [0.15, 0.2) is 46.0 Å². The van der Waals surface area contributed by atoms with E-state index in [1.165, 1.54) is 24.3 Å². The van der Waals surface area contributed by atoms with Gasteiger partial charge in [-0.2, -0.15) is 5.10 Å². The molecule has 1 amide bonds. The molecule has 7 heteroatoms. The Morgan fingerprint density at radius 3 is 2.71 bits per heavy atom. The molecule has 5 nitrogen and oxygen atoms in total. The number of hydrazone groups is 1. The standard InChI is InChI=1S/C14H10BrFN2O3/c15-9-2-1-8(12(16)5-9)7-17-18-14(21)11-6-10(19)3-4-13(11)20/h1-7,19-20H,(H,18,21)/b17-7+. The molecule has 3 N–H and O–H groups in total. The first kappa shape index (κ1) is 15.0. The van der Waals surface area contributed by atoms with Crippen molar-refractivity contribution in [3.8, 4) is 11.5 Å². The molecule has 2 rings (SSSR count). The lowest BCUT2D eigenvalue weighted by molar-refractivity contribution is 0.0952. The topological polar surface area (TPSA) is 81.9 Å². The largest absolute Gasteiger partial charge is 0.508 e. The van der Waals surface area contributed by atoms with Crippen molar-refractivity contribution < 1.29 is 19.4 Å². The van der Waals surface area contributed by atoms with E-state index < -0.39 is 11.7 Å². The van der Waals surface area contributed by atoms with Crippen LogP contribution in [0.2, 0.25) is 0 Å². The number of carbonyl (C=O) groups is 1. The second-order valence-corrected chi connectivity index (χ2v) is 4.98. The second kappa shape index (κ2) is 6.36. The Labute approximate surface area is 127 Å². The molecule has 0 radical (unpaired) electrons. The highest BCUT2D eigenvalue weighted by molar-refractivity contribution is 9.10. The highest BCUT2D eigenvalue weighted by Crippen LogP contribution is 2.21. The fourth-order valence-electron chi connectivity index (χ4n) is 1.53. The molecule has 0 saturated carbocycles. The average molecular weight is 353 g/mol. The van der Waals surface area contributed by atoms with E-state index in [1.54, 1.807) is 6.07 Å². The third-order valence-corrected chi connectivity index (χ3v) is 3.05. The van der Waals surface area contributed by atoms with Gasteiger partial charge in [-0.15, -0.1) is 0 Å². The molecule has 2 aromatic rings. The zero-order valence-electron chi connectivity index (χ0n) is 10.5. The lowest BCUT2D eigenvalue weighted by atomic mass is 10.2. The molecule has 0 aliphatic rings. The van der Waals surface area contributed by atoms with Crippen molar-refractivity contribution in [3.05, 3.63) is 57.8 Å². The molecular formula is C14H10BrFN2O3. The van der Waals surface area contributed by atoms with Crippen LogP contribution in [0.1, 0.15) is 15.9 Å². The summed E-state index contributed by atoms with van der Waals surface area (Å²) in [5.41, 5.74) is 2.20. The molecule has 21 heavy (non-hydrogen) atoms. The first-order valence-corrected chi connectivity index (χ1v) is 6.57. The van der Waals surface area contributed by atoms with E-state index >= 15 is 0 Å². The number of carbonyl (C=O) groups excluding carboxylic acids is 1. The molecule has 0 aliphatic carbocycles. The van der Waals surface area contributed by atoms with Crippen molar-refractivity contribution in [1.29, 1.82) is 0 Å². The average Bonchev–Trinajstić information content (AvgIpc) is 2.43. The van der Waals surface area contributed by atoms with Gasteiger partial charge in [0.05, 0.1) is 11.8 Å². The molecule has 0 aromatic heterocycles. The lowest BCUT2D eigenvalue weighted by Gasteiger charge is -2.03. The molecule has 2 aromatic carbocycles. The van der Waals surface area contributed by atoms with Gasteiger partial charge in [0, 0.05) is 10.0 Å². The number of benzene rings is 2. The smallest absolute Gasteiger partial charge is 0.275 e. The Kier molecular flexibility index (Phi) is 4.54. The molecule has 0 bridgehead atoms. The van der Waals surface area contributed by atoms with Crippen LogP contribution in [0, 0.1) is 5.82 Å². The van der Waals surface area contributed by atoms with Gasteiger partial charge in [0.15, 0.2) is 0 Å². The van der Waals surface area contributed by atoms with Gasteiger partial charge in [0.25, 0.3) is 5.91 Å². The van der Waals surface area contributed by atoms with E-state index in [2.05, 4.69) is 26.5 Å². The van der Waals surface area contributed by atoms with Crippen LogP contribution in [-0.4, -0.2) is 22.3 Å². The van der Waals surface area contributed by atoms with Crippen LogP contribution in [0.4, 0.5) is 4.39 Å². The van der Waals surface area contributed by atoms with Crippen LogP contribution in [0.3, 0.4) is 0 Å². The minimum absolute atomic E-state index is 0.136. The maximum Gasteiger partial charge on any atom is 0.275 e. The Hall–Kier alpha value is -2.41. The number of hydrogen-bond donors (Lipinski definition) is 3. The fourth-order valence-corrected chi connectivity index (χ4v) is 1.87. The van der Waals surface area contributed by atoms with Crippen molar-refractivity contribution in [3.63, 3.8) is 0 Å². The predicted octanol–water partition coefficient (Wildman–Crippen LogP) is 2.76. The van der Waals surface area contributed by atoms with Gasteiger partial charge in [-0.1, -0.05) is 15.9 Å². The number of amides is 1. The van der Waals surface area contributed by atoms with Crippen LogP contribution in [-0.2, 0) is 0 Å². The highest BCUT2D eigenvalue weighted by Gasteiger charge is 2.11. The number of phenols is 2. The zero-order valence-corrected chi connectivity index (χ0v) is 12.1. The number of nitrogens with one attached hydrogen (secondary N) is 1. The fraction of sp³-hybridized carbons (Fsp3) is 0. The Morgan fingerprint density at radius 2 is 2.00 bits per heavy atom. The van der Waals surface area contributed by atoms with Crippen molar-refractivity contribution in [2.45, 2.75) is 0 Å². The summed E-state index contributed by atoms with van der Waals surface area (Å²) >= 11 is 3.13. The molecule has 0 aliphatic heterocycles. The number of hydrogen-bond acceptors (Lipinski definition) is 4. The molecule has 0 fully saturated rings. The highest BCUT2D eigenvalue weighted by atomic mass is 79.9. The maximum atomic E-state index is 13.5. The third kappa shape index (κ3) is 3.79. The number of phenolic OH excluding ortho intramolecular Hbond substituents is 2. The van der Waals surface area contributed by atoms with Crippen LogP contribution < -0.4 is 5.43 Å². The summed E-state index contributed by atoms with van der Waals surface area (Å²) in [6.45, 7) is 0. The molecule has 0 saturated heterocycles. The summed E-state index contributed by atoms with van der Waals surface area (Å²) in [7, 11) is 0. The Bertz CT molecular complexity index is 719. The SMILES string of the molecule is O=C(N/N=C/c1ccc(Br)cc1F)c1cc(O)ccc1O. The van der Waals surface area contributed by atoms with Gasteiger partial charge in [0.2, 0.25) is 0 Å². The number of halogens is 2. The van der Waals surface area contributed by atoms with E-state index in [-0.39, 0.29) is 22.6 Å². The van der Waals surface area contributed by atoms with Gasteiger partial charge in [-0.05, 0) is 36.4 Å². The van der Waals surface area contributed by atoms with Crippen molar-refractivity contribution in [2.75, 3.05) is 0 Å². The third-order valence-electron chi connectivity index (χ3n) is 2.56. The normalized spacial score (nSPS) is 10.8. The van der Waals surface area contributed by atoms with E-state index in [1.807, 2.05) is 0 Å². The lowest BCUT2D eigenvalue weighted by Crippen LogP contribution is -2.17. The predicted molar refractivity (Wildman–Crippen MR) is 78.9 cm³/mol. The number of rotatable bonds is 3. The summed E-state index contributed by atoms with van der Waals surface area (Å²) in [6, 6.07) is 7.91. The molecule has 0 unspecified atom stereocenters. The first-order valence-electron chi connectivity index (χ1n) is 5.78. The van der Waals surface area contributed by atoms with Gasteiger partial charge < -0.3 is 10.2 Å². The minimum atomic E-state index is -0.725.